The van der Waals surface area contributed by atoms with Crippen molar-refractivity contribution < 1.29 is 19.8 Å². The van der Waals surface area contributed by atoms with Gasteiger partial charge in [-0.1, -0.05) is 66.7 Å². The molecule has 7 heteroatoms. The SMILES string of the molecule is N#Cc1ccc(-c2ccc(-c3ccn([C@H](CC(=O)O)C(=O)N[C@H](CO)Cc4ccccc4)c3)cc2)cc1. The van der Waals surface area contributed by atoms with E-state index in [2.05, 4.69) is 11.4 Å². The molecular weight excluding hydrogens is 466 g/mol. The van der Waals surface area contributed by atoms with Gasteiger partial charge >= 0.3 is 5.97 Å². The van der Waals surface area contributed by atoms with Crippen LogP contribution in [-0.2, 0) is 16.0 Å². The van der Waals surface area contributed by atoms with Crippen molar-refractivity contribution in [1.29, 1.82) is 5.26 Å². The van der Waals surface area contributed by atoms with Crippen LogP contribution in [0.25, 0.3) is 22.3 Å². The molecule has 0 bridgehead atoms. The minimum atomic E-state index is -1.09. The Hall–Kier alpha value is -4.67. The van der Waals surface area contributed by atoms with Crippen molar-refractivity contribution in [3.8, 4) is 28.3 Å². The molecule has 0 radical (unpaired) electrons. The Balaban J connectivity index is 1.50. The van der Waals surface area contributed by atoms with Gasteiger partial charge in [-0.25, -0.2) is 0 Å². The summed E-state index contributed by atoms with van der Waals surface area (Å²) in [7, 11) is 0. The van der Waals surface area contributed by atoms with E-state index in [0.29, 0.717) is 12.0 Å². The maximum atomic E-state index is 13.1. The summed E-state index contributed by atoms with van der Waals surface area (Å²) in [5, 5.41) is 31.0. The van der Waals surface area contributed by atoms with Crippen LogP contribution in [0.1, 0.15) is 23.6 Å². The fraction of sp³-hybridized carbons (Fsp3) is 0.167. The van der Waals surface area contributed by atoms with Gasteiger partial charge in [0.2, 0.25) is 5.91 Å². The smallest absolute Gasteiger partial charge is 0.306 e. The highest BCUT2D eigenvalue weighted by Gasteiger charge is 2.25. The maximum absolute atomic E-state index is 13.1. The highest BCUT2D eigenvalue weighted by Crippen LogP contribution is 2.27. The summed E-state index contributed by atoms with van der Waals surface area (Å²) in [4.78, 5) is 24.7. The van der Waals surface area contributed by atoms with Gasteiger partial charge in [-0.15, -0.1) is 0 Å². The highest BCUT2D eigenvalue weighted by molar-refractivity contribution is 5.85. The van der Waals surface area contributed by atoms with Gasteiger partial charge in [-0.3, -0.25) is 9.59 Å². The summed E-state index contributed by atoms with van der Waals surface area (Å²) in [5.74, 6) is -1.55. The molecule has 1 aromatic heterocycles. The first-order chi connectivity index (χ1) is 18.0. The molecule has 37 heavy (non-hydrogen) atoms. The summed E-state index contributed by atoms with van der Waals surface area (Å²) >= 11 is 0. The number of rotatable bonds is 10. The summed E-state index contributed by atoms with van der Waals surface area (Å²) in [6, 6.07) is 27.2. The molecule has 0 aliphatic carbocycles. The Kier molecular flexibility index (Phi) is 8.14. The predicted octanol–water partition coefficient (Wildman–Crippen LogP) is 4.43. The van der Waals surface area contributed by atoms with Crippen LogP contribution in [0.2, 0.25) is 0 Å². The largest absolute Gasteiger partial charge is 0.481 e. The second kappa shape index (κ2) is 11.8. The van der Waals surface area contributed by atoms with Crippen LogP contribution in [-0.4, -0.2) is 39.3 Å². The van der Waals surface area contributed by atoms with Crippen LogP contribution >= 0.6 is 0 Å². The second-order valence-electron chi connectivity index (χ2n) is 8.81. The second-order valence-corrected chi connectivity index (χ2v) is 8.81. The van der Waals surface area contributed by atoms with Gasteiger partial charge in [0, 0.05) is 12.4 Å². The van der Waals surface area contributed by atoms with E-state index in [-0.39, 0.29) is 13.0 Å². The van der Waals surface area contributed by atoms with Crippen LogP contribution in [0.4, 0.5) is 0 Å². The van der Waals surface area contributed by atoms with E-state index in [1.165, 1.54) is 0 Å². The number of carbonyl (C=O) groups excluding carboxylic acids is 1. The standard InChI is InChI=1S/C30H27N3O4/c31-18-22-6-8-23(9-7-22)24-10-12-25(13-11-24)26-14-15-33(19-26)28(17-29(35)36)30(37)32-27(20-34)16-21-4-2-1-3-5-21/h1-15,19,27-28,34H,16-17,20H2,(H,32,37)(H,35,36)/t27-,28+/m0/s1. The van der Waals surface area contributed by atoms with Crippen LogP contribution in [0.15, 0.2) is 97.3 Å². The van der Waals surface area contributed by atoms with Gasteiger partial charge < -0.3 is 20.1 Å². The maximum Gasteiger partial charge on any atom is 0.306 e. The van der Waals surface area contributed by atoms with Crippen LogP contribution in [0, 0.1) is 11.3 Å². The third-order valence-electron chi connectivity index (χ3n) is 6.20. The van der Waals surface area contributed by atoms with Crippen molar-refractivity contribution >= 4 is 11.9 Å². The summed E-state index contributed by atoms with van der Waals surface area (Å²) < 4.78 is 1.60. The zero-order chi connectivity index (χ0) is 26.2. The first kappa shape index (κ1) is 25.4. The molecule has 3 aromatic carbocycles. The quantitative estimate of drug-likeness (QED) is 0.302. The number of aliphatic carboxylic acids is 1. The molecule has 0 saturated carbocycles. The number of amides is 1. The number of benzene rings is 3. The number of aliphatic hydroxyl groups is 1. The Morgan fingerprint density at radius 1 is 0.865 bits per heavy atom. The number of aromatic nitrogens is 1. The van der Waals surface area contributed by atoms with E-state index < -0.39 is 24.0 Å². The summed E-state index contributed by atoms with van der Waals surface area (Å²) in [5.41, 5.74) is 5.33. The monoisotopic (exact) mass is 493 g/mol. The predicted molar refractivity (Wildman–Crippen MR) is 140 cm³/mol. The van der Waals surface area contributed by atoms with E-state index in [1.807, 2.05) is 72.8 Å². The zero-order valence-electron chi connectivity index (χ0n) is 20.1. The average molecular weight is 494 g/mol. The van der Waals surface area contributed by atoms with E-state index in [1.54, 1.807) is 29.1 Å². The Bertz CT molecular complexity index is 1390. The van der Waals surface area contributed by atoms with Gasteiger partial charge in [0.1, 0.15) is 6.04 Å². The number of nitrogens with zero attached hydrogens (tertiary/aromatic N) is 2. The lowest BCUT2D eigenvalue weighted by Crippen LogP contribution is -2.43. The molecular formula is C30H27N3O4. The van der Waals surface area contributed by atoms with E-state index in [4.69, 9.17) is 5.26 Å². The molecule has 2 atom stereocenters. The number of aliphatic hydroxyl groups excluding tert-OH is 1. The van der Waals surface area contributed by atoms with Gasteiger partial charge in [0.15, 0.2) is 0 Å². The van der Waals surface area contributed by atoms with Crippen LogP contribution in [0.5, 0.6) is 0 Å². The van der Waals surface area contributed by atoms with Crippen molar-refractivity contribution in [2.24, 2.45) is 0 Å². The van der Waals surface area contributed by atoms with Gasteiger partial charge in [-0.2, -0.15) is 5.26 Å². The van der Waals surface area contributed by atoms with Crippen LogP contribution in [0.3, 0.4) is 0 Å². The lowest BCUT2D eigenvalue weighted by molar-refractivity contribution is -0.140. The lowest BCUT2D eigenvalue weighted by Gasteiger charge is -2.22. The zero-order valence-corrected chi connectivity index (χ0v) is 20.1. The molecule has 1 heterocycles. The van der Waals surface area contributed by atoms with Crippen molar-refractivity contribution in [3.05, 3.63) is 108 Å². The molecule has 186 valence electrons. The van der Waals surface area contributed by atoms with Gasteiger partial charge in [0.05, 0.1) is 30.7 Å². The third kappa shape index (κ3) is 6.51. The minimum absolute atomic E-state index is 0.261. The Labute approximate surface area is 215 Å². The molecule has 0 aliphatic heterocycles. The highest BCUT2D eigenvalue weighted by atomic mass is 16.4. The molecule has 4 aromatic rings. The Morgan fingerprint density at radius 3 is 2.03 bits per heavy atom. The number of hydrogen-bond acceptors (Lipinski definition) is 4. The number of carboxylic acids is 1. The number of carbonyl (C=O) groups is 2. The van der Waals surface area contributed by atoms with Crippen molar-refractivity contribution in [1.82, 2.24) is 9.88 Å². The molecule has 0 saturated heterocycles. The van der Waals surface area contributed by atoms with E-state index in [0.717, 1.165) is 27.8 Å². The average Bonchev–Trinajstić information content (AvgIpc) is 3.42. The number of carboxylic acid groups (broad SMARTS) is 1. The normalized spacial score (nSPS) is 12.3. The molecule has 0 aliphatic rings. The first-order valence-electron chi connectivity index (χ1n) is 11.9. The van der Waals surface area contributed by atoms with Gasteiger partial charge in [-0.05, 0) is 52.4 Å². The van der Waals surface area contributed by atoms with Crippen molar-refractivity contribution in [2.75, 3.05) is 6.61 Å². The summed E-state index contributed by atoms with van der Waals surface area (Å²) in [6.45, 7) is -0.261. The van der Waals surface area contributed by atoms with Crippen molar-refractivity contribution in [3.63, 3.8) is 0 Å². The molecule has 7 nitrogen and oxygen atoms in total. The summed E-state index contributed by atoms with van der Waals surface area (Å²) in [6.07, 6.45) is 3.50. The van der Waals surface area contributed by atoms with Crippen molar-refractivity contribution in [2.45, 2.75) is 24.9 Å². The number of nitriles is 1. The van der Waals surface area contributed by atoms with Crippen LogP contribution < -0.4 is 5.32 Å². The molecule has 1 amide bonds. The molecule has 0 spiro atoms. The third-order valence-corrected chi connectivity index (χ3v) is 6.20. The number of hydrogen-bond donors (Lipinski definition) is 3. The molecule has 4 rings (SSSR count). The molecule has 3 N–H and O–H groups in total. The van der Waals surface area contributed by atoms with E-state index in [9.17, 15) is 19.8 Å². The fourth-order valence-corrected chi connectivity index (χ4v) is 4.23. The number of nitrogens with one attached hydrogen (secondary N) is 1. The first-order valence-corrected chi connectivity index (χ1v) is 11.9. The molecule has 0 fully saturated rings. The topological polar surface area (TPSA) is 115 Å². The van der Waals surface area contributed by atoms with Gasteiger partial charge in [0.25, 0.3) is 0 Å². The molecule has 0 unspecified atom stereocenters. The minimum Gasteiger partial charge on any atom is -0.481 e. The lowest BCUT2D eigenvalue weighted by atomic mass is 10.0. The van der Waals surface area contributed by atoms with E-state index >= 15 is 0 Å². The fourth-order valence-electron chi connectivity index (χ4n) is 4.23. The Morgan fingerprint density at radius 2 is 1.46 bits per heavy atom.